The van der Waals surface area contributed by atoms with Gasteiger partial charge in [-0.25, -0.2) is 0 Å². The number of nitrogens with two attached hydrogens (primary N) is 1. The van der Waals surface area contributed by atoms with Crippen molar-refractivity contribution in [2.45, 2.75) is 50.9 Å². The number of nitrogens with zero attached hydrogens (tertiary/aromatic N) is 2. The number of hydrogen-bond acceptors (Lipinski definition) is 5. The van der Waals surface area contributed by atoms with Gasteiger partial charge < -0.3 is 16.0 Å². The van der Waals surface area contributed by atoms with Crippen molar-refractivity contribution in [1.82, 2.24) is 10.2 Å². The average molecular weight is 461 g/mol. The van der Waals surface area contributed by atoms with Gasteiger partial charge in [-0.15, -0.1) is 0 Å². The summed E-state index contributed by atoms with van der Waals surface area (Å²) in [6.07, 6.45) is -1.57. The van der Waals surface area contributed by atoms with Crippen LogP contribution in [-0.4, -0.2) is 40.7 Å². The van der Waals surface area contributed by atoms with Crippen molar-refractivity contribution in [1.29, 1.82) is 10.7 Å². The highest BCUT2D eigenvalue weighted by Gasteiger charge is 2.63. The lowest BCUT2D eigenvalue weighted by molar-refractivity contribution is -0.171. The van der Waals surface area contributed by atoms with Gasteiger partial charge in [-0.2, -0.15) is 18.4 Å². The molecule has 8 nitrogen and oxygen atoms in total. The normalized spacial score (nSPS) is 28.6. The Morgan fingerprint density at radius 2 is 2.03 bits per heavy atom. The molecule has 0 saturated heterocycles. The minimum atomic E-state index is -5.12. The molecule has 174 valence electrons. The number of amides is 3. The number of benzene rings is 1. The zero-order valence-corrected chi connectivity index (χ0v) is 17.5. The first-order valence-electron chi connectivity index (χ1n) is 10.6. The third-order valence-corrected chi connectivity index (χ3v) is 7.08. The minimum absolute atomic E-state index is 0.00122. The van der Waals surface area contributed by atoms with Crippen molar-refractivity contribution >= 4 is 23.6 Å². The quantitative estimate of drug-likeness (QED) is 0.467. The molecule has 1 aliphatic heterocycles. The number of fused-ring (bicyclic) bond motifs is 1. The number of nitriles is 1. The van der Waals surface area contributed by atoms with Crippen LogP contribution in [0.15, 0.2) is 18.2 Å². The molecule has 1 heterocycles. The highest BCUT2D eigenvalue weighted by atomic mass is 19.4. The van der Waals surface area contributed by atoms with Gasteiger partial charge in [0.1, 0.15) is 11.3 Å². The molecule has 3 unspecified atom stereocenters. The maximum absolute atomic E-state index is 13.1. The zero-order chi connectivity index (χ0) is 24.1. The van der Waals surface area contributed by atoms with Gasteiger partial charge in [-0.05, 0) is 49.1 Å². The van der Waals surface area contributed by atoms with Crippen LogP contribution in [0.1, 0.15) is 53.6 Å². The minimum Gasteiger partial charge on any atom is -0.368 e. The molecular weight excluding hydrogens is 439 g/mol. The van der Waals surface area contributed by atoms with Gasteiger partial charge in [-0.1, -0.05) is 18.6 Å². The van der Waals surface area contributed by atoms with E-state index in [1.54, 1.807) is 11.0 Å². The number of primary amides is 1. The Morgan fingerprint density at radius 3 is 2.64 bits per heavy atom. The molecule has 2 aliphatic carbocycles. The van der Waals surface area contributed by atoms with E-state index >= 15 is 0 Å². The molecule has 33 heavy (non-hydrogen) atoms. The molecule has 4 rings (SSSR count). The molecule has 0 bridgehead atoms. The lowest BCUT2D eigenvalue weighted by atomic mass is 9.79. The van der Waals surface area contributed by atoms with Crippen LogP contribution in [0.5, 0.6) is 0 Å². The fourth-order valence-corrected chi connectivity index (χ4v) is 5.20. The van der Waals surface area contributed by atoms with E-state index in [1.807, 2.05) is 0 Å². The second-order valence-corrected chi connectivity index (χ2v) is 8.97. The monoisotopic (exact) mass is 461 g/mol. The van der Waals surface area contributed by atoms with Crippen LogP contribution in [0.2, 0.25) is 0 Å². The lowest BCUT2D eigenvalue weighted by Gasteiger charge is -2.35. The van der Waals surface area contributed by atoms with Crippen molar-refractivity contribution in [2.75, 3.05) is 0 Å². The number of carbonyl (C=O) groups is 3. The Labute approximate surface area is 187 Å². The van der Waals surface area contributed by atoms with E-state index in [9.17, 15) is 32.8 Å². The van der Waals surface area contributed by atoms with Gasteiger partial charge in [0.25, 0.3) is 5.91 Å². The fraction of sp³-hybridized carbons (Fsp3) is 0.500. The molecule has 3 aliphatic rings. The van der Waals surface area contributed by atoms with Crippen LogP contribution in [0, 0.1) is 34.0 Å². The average Bonchev–Trinajstić information content (AvgIpc) is 3.44. The summed E-state index contributed by atoms with van der Waals surface area (Å²) >= 11 is 0. The van der Waals surface area contributed by atoms with E-state index in [1.165, 1.54) is 17.4 Å². The number of hydrogen-bond donors (Lipinski definition) is 3. The Hall–Kier alpha value is -3.42. The van der Waals surface area contributed by atoms with E-state index in [-0.39, 0.29) is 34.9 Å². The molecular formula is C22H22F3N5O3. The molecule has 0 radical (unpaired) electrons. The lowest BCUT2D eigenvalue weighted by Crippen LogP contribution is -2.40. The van der Waals surface area contributed by atoms with Gasteiger partial charge in [-0.3, -0.25) is 19.8 Å². The summed E-state index contributed by atoms with van der Waals surface area (Å²) in [4.78, 5) is 37.7. The smallest absolute Gasteiger partial charge is 0.368 e. The van der Waals surface area contributed by atoms with Crippen LogP contribution in [0.3, 0.4) is 0 Å². The first-order valence-corrected chi connectivity index (χ1v) is 10.6. The van der Waals surface area contributed by atoms with E-state index in [4.69, 9.17) is 11.1 Å². The maximum atomic E-state index is 13.1. The van der Waals surface area contributed by atoms with Crippen LogP contribution in [0.25, 0.3) is 0 Å². The van der Waals surface area contributed by atoms with Crippen molar-refractivity contribution in [2.24, 2.45) is 23.0 Å². The molecule has 3 amide bonds. The van der Waals surface area contributed by atoms with Gasteiger partial charge in [0.15, 0.2) is 0 Å². The number of nitrogens with one attached hydrogen (secondary N) is 2. The van der Waals surface area contributed by atoms with Crippen molar-refractivity contribution < 1.29 is 27.6 Å². The van der Waals surface area contributed by atoms with E-state index in [0.717, 1.165) is 19.3 Å². The fourth-order valence-electron chi connectivity index (χ4n) is 5.20. The summed E-state index contributed by atoms with van der Waals surface area (Å²) in [5.74, 6) is -3.88. The van der Waals surface area contributed by atoms with Crippen LogP contribution < -0.4 is 11.1 Å². The number of alkyl halides is 3. The number of amidine groups is 1. The summed E-state index contributed by atoms with van der Waals surface area (Å²) in [5, 5.41) is 18.7. The third kappa shape index (κ3) is 3.94. The number of rotatable bonds is 4. The SMILES string of the molecule is N#CC1(C(N)=O)CC1C1CCC[C@@H](N2Cc3ccc(C(=N)NC(=O)C(F)(F)F)cc3C2=O)C1. The molecule has 1 aromatic rings. The Kier molecular flexibility index (Phi) is 5.42. The molecule has 4 N–H and O–H groups in total. The highest BCUT2D eigenvalue weighted by Crippen LogP contribution is 2.59. The molecule has 2 fully saturated rings. The van der Waals surface area contributed by atoms with Crippen molar-refractivity contribution in [3.63, 3.8) is 0 Å². The number of carbonyl (C=O) groups excluding carboxylic acids is 3. The summed E-state index contributed by atoms with van der Waals surface area (Å²) in [6, 6.07) is 6.27. The van der Waals surface area contributed by atoms with Crippen LogP contribution >= 0.6 is 0 Å². The molecule has 4 atom stereocenters. The first kappa shape index (κ1) is 22.8. The third-order valence-electron chi connectivity index (χ3n) is 7.08. The topological polar surface area (TPSA) is 140 Å². The highest BCUT2D eigenvalue weighted by molar-refractivity contribution is 6.09. The van der Waals surface area contributed by atoms with E-state index in [2.05, 4.69) is 6.07 Å². The number of halogens is 3. The van der Waals surface area contributed by atoms with E-state index in [0.29, 0.717) is 24.9 Å². The molecule has 0 aromatic heterocycles. The maximum Gasteiger partial charge on any atom is 0.471 e. The Balaban J connectivity index is 1.46. The van der Waals surface area contributed by atoms with Gasteiger partial charge >= 0.3 is 12.1 Å². The van der Waals surface area contributed by atoms with Crippen LogP contribution in [0.4, 0.5) is 13.2 Å². The standard InChI is InChI=1S/C22H22F3N5O3/c23-22(24,25)20(33)29-17(27)12-4-5-13-9-30(18(31)15(13)7-12)14-3-1-2-11(6-14)16-8-21(16,10-26)19(28)32/h4-5,7,11,14,16H,1-3,6,8-9H2,(H2,28,32)(H2,27,29,33)/t11?,14-,16?,21?/m1/s1. The van der Waals surface area contributed by atoms with Gasteiger partial charge in [0, 0.05) is 23.7 Å². The first-order chi connectivity index (χ1) is 15.5. The molecule has 0 spiro atoms. The van der Waals surface area contributed by atoms with E-state index < -0.39 is 29.2 Å². The largest absolute Gasteiger partial charge is 0.471 e. The summed E-state index contributed by atoms with van der Waals surface area (Å²) in [6.45, 7) is 0.331. The molecule has 1 aromatic carbocycles. The van der Waals surface area contributed by atoms with Crippen molar-refractivity contribution in [3.8, 4) is 6.07 Å². The predicted molar refractivity (Wildman–Crippen MR) is 108 cm³/mol. The summed E-state index contributed by atoms with van der Waals surface area (Å²) in [7, 11) is 0. The molecule has 11 heteroatoms. The second kappa shape index (κ2) is 7.86. The van der Waals surface area contributed by atoms with Gasteiger partial charge in [0.2, 0.25) is 5.91 Å². The Morgan fingerprint density at radius 1 is 1.30 bits per heavy atom. The summed E-state index contributed by atoms with van der Waals surface area (Å²) < 4.78 is 37.4. The molecule has 2 saturated carbocycles. The van der Waals surface area contributed by atoms with Crippen LogP contribution in [-0.2, 0) is 16.1 Å². The zero-order valence-electron chi connectivity index (χ0n) is 17.5. The second-order valence-electron chi connectivity index (χ2n) is 8.97. The van der Waals surface area contributed by atoms with Gasteiger partial charge in [0.05, 0.1) is 6.07 Å². The Bertz CT molecular complexity index is 1100. The van der Waals surface area contributed by atoms with Crippen molar-refractivity contribution in [3.05, 3.63) is 34.9 Å². The predicted octanol–water partition coefficient (Wildman–Crippen LogP) is 2.22. The summed E-state index contributed by atoms with van der Waals surface area (Å²) in [5.41, 5.74) is 5.31.